The highest BCUT2D eigenvalue weighted by molar-refractivity contribution is 9.11. The molecule has 0 amide bonds. The summed E-state index contributed by atoms with van der Waals surface area (Å²) in [7, 11) is -2.27. The fourth-order valence-corrected chi connectivity index (χ4v) is 4.04. The summed E-state index contributed by atoms with van der Waals surface area (Å²) in [5.74, 6) is 0.635. The second-order valence-corrected chi connectivity index (χ2v) is 7.38. The molecule has 0 fully saturated rings. The van der Waals surface area contributed by atoms with Crippen LogP contribution in [0.2, 0.25) is 0 Å². The first-order chi connectivity index (χ1) is 9.83. The van der Waals surface area contributed by atoms with E-state index in [0.29, 0.717) is 20.4 Å². The zero-order chi connectivity index (χ0) is 15.6. The topological polar surface area (TPSA) is 94.3 Å². The molecule has 0 aliphatic heterocycles. The Morgan fingerprint density at radius 2 is 1.95 bits per heavy atom. The molecular weight excluding hydrogens is 426 g/mol. The minimum Gasteiger partial charge on any atom is -0.495 e. The Morgan fingerprint density at radius 3 is 2.57 bits per heavy atom. The summed E-state index contributed by atoms with van der Waals surface area (Å²) < 4.78 is 33.5. The number of aromatic nitrogens is 1. The van der Waals surface area contributed by atoms with Gasteiger partial charge in [0.1, 0.15) is 11.6 Å². The summed E-state index contributed by atoms with van der Waals surface area (Å²) in [5.41, 5.74) is 5.86. The molecule has 0 bridgehead atoms. The molecule has 0 atom stereocenters. The predicted octanol–water partition coefficient (Wildman–Crippen LogP) is 3.00. The Hall–Kier alpha value is -1.32. The van der Waals surface area contributed by atoms with Gasteiger partial charge in [-0.1, -0.05) is 0 Å². The van der Waals surface area contributed by atoms with E-state index in [1.807, 2.05) is 0 Å². The van der Waals surface area contributed by atoms with Gasteiger partial charge in [-0.05, 0) is 44.0 Å². The molecule has 1 heterocycles. The van der Waals surface area contributed by atoms with Gasteiger partial charge in [-0.25, -0.2) is 13.4 Å². The average Bonchev–Trinajstić information content (AvgIpc) is 2.42. The van der Waals surface area contributed by atoms with Gasteiger partial charge in [0.2, 0.25) is 0 Å². The van der Waals surface area contributed by atoms with Gasteiger partial charge < -0.3 is 10.5 Å². The minimum absolute atomic E-state index is 0.0313. The van der Waals surface area contributed by atoms with Crippen molar-refractivity contribution in [2.45, 2.75) is 4.90 Å². The van der Waals surface area contributed by atoms with E-state index in [-0.39, 0.29) is 10.7 Å². The van der Waals surface area contributed by atoms with Crippen molar-refractivity contribution in [1.29, 1.82) is 0 Å². The Morgan fingerprint density at radius 1 is 1.24 bits per heavy atom. The number of methoxy groups -OCH3 is 1. The van der Waals surface area contributed by atoms with Crippen LogP contribution >= 0.6 is 31.9 Å². The summed E-state index contributed by atoms with van der Waals surface area (Å²) in [6.07, 6.45) is 1.33. The van der Waals surface area contributed by atoms with Crippen molar-refractivity contribution in [2.75, 3.05) is 17.6 Å². The van der Waals surface area contributed by atoms with Crippen molar-refractivity contribution < 1.29 is 13.2 Å². The van der Waals surface area contributed by atoms with Gasteiger partial charge in [0.25, 0.3) is 10.0 Å². The lowest BCUT2D eigenvalue weighted by molar-refractivity contribution is 0.412. The molecule has 0 aliphatic rings. The zero-order valence-corrected chi connectivity index (χ0v) is 14.8. The third kappa shape index (κ3) is 3.66. The van der Waals surface area contributed by atoms with Crippen molar-refractivity contribution >= 4 is 53.4 Å². The summed E-state index contributed by atoms with van der Waals surface area (Å²) >= 11 is 6.62. The van der Waals surface area contributed by atoms with Crippen LogP contribution in [0.4, 0.5) is 11.5 Å². The number of nitrogens with one attached hydrogen (secondary N) is 1. The van der Waals surface area contributed by atoms with Crippen LogP contribution in [0.15, 0.2) is 44.3 Å². The Bertz CT molecular complexity index is 781. The van der Waals surface area contributed by atoms with E-state index in [9.17, 15) is 8.42 Å². The van der Waals surface area contributed by atoms with Gasteiger partial charge in [0.15, 0.2) is 0 Å². The predicted molar refractivity (Wildman–Crippen MR) is 87.9 cm³/mol. The van der Waals surface area contributed by atoms with Crippen LogP contribution in [0.1, 0.15) is 0 Å². The van der Waals surface area contributed by atoms with E-state index in [2.05, 4.69) is 41.6 Å². The molecule has 3 N–H and O–H groups in total. The van der Waals surface area contributed by atoms with Gasteiger partial charge in [0, 0.05) is 22.8 Å². The first-order valence-corrected chi connectivity index (χ1v) is 8.68. The van der Waals surface area contributed by atoms with E-state index in [4.69, 9.17) is 10.5 Å². The minimum atomic E-state index is -3.77. The highest BCUT2D eigenvalue weighted by Gasteiger charge is 2.17. The average molecular weight is 437 g/mol. The van der Waals surface area contributed by atoms with Crippen LogP contribution in [-0.4, -0.2) is 20.5 Å². The fourth-order valence-electron chi connectivity index (χ4n) is 1.56. The molecule has 0 aliphatic carbocycles. The van der Waals surface area contributed by atoms with Gasteiger partial charge in [-0.2, -0.15) is 0 Å². The highest BCUT2D eigenvalue weighted by Crippen LogP contribution is 2.35. The second kappa shape index (κ2) is 6.20. The molecule has 0 unspecified atom stereocenters. The number of hydrogen-bond acceptors (Lipinski definition) is 5. The molecule has 6 nitrogen and oxygen atoms in total. The maximum absolute atomic E-state index is 12.3. The quantitative estimate of drug-likeness (QED) is 0.768. The molecular formula is C12H11Br2N3O3S. The van der Waals surface area contributed by atoms with Crippen molar-refractivity contribution in [3.8, 4) is 5.75 Å². The monoisotopic (exact) mass is 435 g/mol. The summed E-state index contributed by atoms with van der Waals surface area (Å²) in [4.78, 5) is 3.80. The Kier molecular flexibility index (Phi) is 4.74. The maximum atomic E-state index is 12.3. The Labute approximate surface area is 139 Å². The van der Waals surface area contributed by atoms with Crippen LogP contribution < -0.4 is 15.2 Å². The first kappa shape index (κ1) is 16.1. The first-order valence-electron chi connectivity index (χ1n) is 5.61. The molecule has 21 heavy (non-hydrogen) atoms. The van der Waals surface area contributed by atoms with Crippen molar-refractivity contribution in [1.82, 2.24) is 4.98 Å². The standard InChI is InChI=1S/C12H11Br2N3O3S/c1-20-11-6-10(8(13)5-9(11)14)17-21(18,19)7-2-3-16-12(15)4-7/h2-6,17H,1H3,(H2,15,16). The Balaban J connectivity index is 2.41. The van der Waals surface area contributed by atoms with Crippen molar-refractivity contribution in [3.63, 3.8) is 0 Å². The number of nitrogen functional groups attached to an aromatic ring is 1. The van der Waals surface area contributed by atoms with Crippen molar-refractivity contribution in [3.05, 3.63) is 39.4 Å². The zero-order valence-electron chi connectivity index (χ0n) is 10.8. The molecule has 112 valence electrons. The fraction of sp³-hybridized carbons (Fsp3) is 0.0833. The number of pyridine rings is 1. The van der Waals surface area contributed by atoms with Crippen LogP contribution in [0.25, 0.3) is 0 Å². The van der Waals surface area contributed by atoms with E-state index < -0.39 is 10.0 Å². The lowest BCUT2D eigenvalue weighted by Gasteiger charge is -2.12. The van der Waals surface area contributed by atoms with Crippen LogP contribution in [-0.2, 0) is 10.0 Å². The van der Waals surface area contributed by atoms with Gasteiger partial charge in [-0.15, -0.1) is 0 Å². The molecule has 2 aromatic rings. The number of sulfonamides is 1. The number of ether oxygens (including phenoxy) is 1. The third-order valence-corrected chi connectivity index (χ3v) is 5.19. The smallest absolute Gasteiger partial charge is 0.262 e. The molecule has 0 spiro atoms. The molecule has 0 saturated heterocycles. The number of rotatable bonds is 4. The lowest BCUT2D eigenvalue weighted by atomic mass is 10.3. The summed E-state index contributed by atoms with van der Waals surface area (Å²) in [6, 6.07) is 5.91. The second-order valence-electron chi connectivity index (χ2n) is 3.99. The molecule has 1 aromatic carbocycles. The number of nitrogens with zero attached hydrogens (tertiary/aromatic N) is 1. The normalized spacial score (nSPS) is 11.2. The van der Waals surface area contributed by atoms with E-state index in [1.54, 1.807) is 12.1 Å². The summed E-state index contributed by atoms with van der Waals surface area (Å²) in [6.45, 7) is 0. The van der Waals surface area contributed by atoms with Crippen molar-refractivity contribution in [2.24, 2.45) is 0 Å². The van der Waals surface area contributed by atoms with Crippen LogP contribution in [0.5, 0.6) is 5.75 Å². The number of benzene rings is 1. The SMILES string of the molecule is COc1cc(NS(=O)(=O)c2ccnc(N)c2)c(Br)cc1Br. The van der Waals surface area contributed by atoms with Crippen LogP contribution in [0, 0.1) is 0 Å². The number of anilines is 2. The number of hydrogen-bond donors (Lipinski definition) is 2. The van der Waals surface area contributed by atoms with E-state index in [0.717, 1.165) is 0 Å². The molecule has 1 aromatic heterocycles. The largest absolute Gasteiger partial charge is 0.495 e. The third-order valence-electron chi connectivity index (χ3n) is 2.55. The molecule has 0 saturated carbocycles. The highest BCUT2D eigenvalue weighted by atomic mass is 79.9. The molecule has 9 heteroatoms. The van der Waals surface area contributed by atoms with E-state index in [1.165, 1.54) is 25.4 Å². The molecule has 2 rings (SSSR count). The number of nitrogens with two attached hydrogens (primary N) is 1. The van der Waals surface area contributed by atoms with Gasteiger partial charge in [-0.3, -0.25) is 4.72 Å². The van der Waals surface area contributed by atoms with Gasteiger partial charge in [0.05, 0.1) is 22.2 Å². The summed E-state index contributed by atoms with van der Waals surface area (Å²) in [5, 5.41) is 0. The number of halogens is 2. The van der Waals surface area contributed by atoms with E-state index >= 15 is 0 Å². The molecule has 0 radical (unpaired) electrons. The van der Waals surface area contributed by atoms with Gasteiger partial charge >= 0.3 is 0 Å². The lowest BCUT2D eigenvalue weighted by Crippen LogP contribution is -2.14. The maximum Gasteiger partial charge on any atom is 0.262 e. The van der Waals surface area contributed by atoms with Crippen LogP contribution in [0.3, 0.4) is 0 Å².